The Balaban J connectivity index is 1.85. The minimum atomic E-state index is 0.231. The van der Waals surface area contributed by atoms with Gasteiger partial charge in [-0.15, -0.1) is 0 Å². The van der Waals surface area contributed by atoms with Crippen molar-refractivity contribution in [1.82, 2.24) is 4.98 Å². The summed E-state index contributed by atoms with van der Waals surface area (Å²) in [5.74, 6) is 0. The lowest BCUT2D eigenvalue weighted by Crippen LogP contribution is -2.08. The number of rotatable bonds is 3. The van der Waals surface area contributed by atoms with E-state index in [9.17, 15) is 0 Å². The van der Waals surface area contributed by atoms with E-state index in [1.54, 1.807) is 18.4 Å². The van der Waals surface area contributed by atoms with Crippen LogP contribution in [-0.4, -0.2) is 12.1 Å². The molecule has 2 aromatic rings. The fourth-order valence-corrected chi connectivity index (χ4v) is 3.65. The van der Waals surface area contributed by atoms with Crippen LogP contribution in [0.1, 0.15) is 35.1 Å². The van der Waals surface area contributed by atoms with Crippen molar-refractivity contribution in [3.63, 3.8) is 0 Å². The number of anilines is 2. The molecule has 3 rings (SSSR count). The Morgan fingerprint density at radius 1 is 1.42 bits per heavy atom. The molecule has 0 bridgehead atoms. The number of hydrogen-bond acceptors (Lipinski definition) is 4. The molecule has 1 atom stereocenters. The first kappa shape index (κ1) is 12.6. The van der Waals surface area contributed by atoms with Gasteiger partial charge in [0.25, 0.3) is 0 Å². The fraction of sp³-hybridized carbons (Fsp3) is 0.400. The number of aromatic nitrogens is 1. The monoisotopic (exact) mass is 274 g/mol. The van der Waals surface area contributed by atoms with Crippen LogP contribution >= 0.6 is 11.3 Å². The summed E-state index contributed by atoms with van der Waals surface area (Å²) in [7, 11) is 1.78. The zero-order valence-corrected chi connectivity index (χ0v) is 12.1. The average Bonchev–Trinajstić information content (AvgIpc) is 2.80. The van der Waals surface area contributed by atoms with Gasteiger partial charge in [-0.25, -0.2) is 4.98 Å². The van der Waals surface area contributed by atoms with E-state index < -0.39 is 0 Å². The second kappa shape index (κ2) is 5.31. The van der Waals surface area contributed by atoms with E-state index >= 15 is 0 Å². The van der Waals surface area contributed by atoms with Gasteiger partial charge in [0.15, 0.2) is 5.13 Å². The maximum atomic E-state index is 5.54. The predicted molar refractivity (Wildman–Crippen MR) is 79.3 cm³/mol. The largest absolute Gasteiger partial charge is 0.376 e. The van der Waals surface area contributed by atoms with E-state index in [4.69, 9.17) is 9.72 Å². The van der Waals surface area contributed by atoms with Crippen molar-refractivity contribution >= 4 is 22.2 Å². The molecule has 0 aliphatic heterocycles. The van der Waals surface area contributed by atoms with Crippen molar-refractivity contribution in [3.05, 3.63) is 40.4 Å². The van der Waals surface area contributed by atoms with Crippen LogP contribution in [0.4, 0.5) is 10.8 Å². The number of nitrogens with zero attached hydrogens (tertiary/aromatic N) is 1. The fourth-order valence-electron chi connectivity index (χ4n) is 2.50. The van der Waals surface area contributed by atoms with Crippen LogP contribution in [0.3, 0.4) is 0 Å². The molecule has 1 unspecified atom stereocenters. The molecular formula is C15H18N2OS. The molecule has 1 aliphatic rings. The maximum Gasteiger partial charge on any atom is 0.187 e. The van der Waals surface area contributed by atoms with E-state index in [2.05, 4.69) is 36.5 Å². The number of ether oxygens (including phenoxy) is 1. The molecule has 1 aromatic heterocycles. The number of nitrogens with one attached hydrogen (secondary N) is 1. The predicted octanol–water partition coefficient (Wildman–Crippen LogP) is 4.22. The average molecular weight is 274 g/mol. The van der Waals surface area contributed by atoms with Crippen molar-refractivity contribution in [1.29, 1.82) is 0 Å². The molecule has 4 heteroatoms. The standard InChI is InChI=1S/C15H18N2OS/c1-10-5-3-6-11(9-10)16-15-17-12-7-4-8-13(18-2)14(12)19-15/h3,5-6,9,13H,4,7-8H2,1-2H3,(H,16,17). The third kappa shape index (κ3) is 2.65. The molecule has 19 heavy (non-hydrogen) atoms. The molecule has 0 radical (unpaired) electrons. The molecule has 100 valence electrons. The van der Waals surface area contributed by atoms with Gasteiger partial charge in [0.1, 0.15) is 0 Å². The SMILES string of the molecule is COC1CCCc2nc(Nc3cccc(C)c3)sc21. The lowest BCUT2D eigenvalue weighted by Gasteiger charge is -2.18. The summed E-state index contributed by atoms with van der Waals surface area (Å²) < 4.78 is 5.54. The topological polar surface area (TPSA) is 34.1 Å². The highest BCUT2D eigenvalue weighted by molar-refractivity contribution is 7.15. The smallest absolute Gasteiger partial charge is 0.187 e. The van der Waals surface area contributed by atoms with E-state index in [-0.39, 0.29) is 6.10 Å². The summed E-state index contributed by atoms with van der Waals surface area (Å²) >= 11 is 1.72. The van der Waals surface area contributed by atoms with Crippen LogP contribution < -0.4 is 5.32 Å². The summed E-state index contributed by atoms with van der Waals surface area (Å²) in [5, 5.41) is 4.37. The molecule has 1 aliphatic carbocycles. The first-order chi connectivity index (χ1) is 9.26. The number of hydrogen-bond donors (Lipinski definition) is 1. The van der Waals surface area contributed by atoms with Gasteiger partial charge in [0, 0.05) is 12.8 Å². The van der Waals surface area contributed by atoms with Gasteiger partial charge in [-0.3, -0.25) is 0 Å². The first-order valence-electron chi connectivity index (χ1n) is 6.62. The Kier molecular flexibility index (Phi) is 3.53. The Morgan fingerprint density at radius 2 is 2.32 bits per heavy atom. The lowest BCUT2D eigenvalue weighted by molar-refractivity contribution is 0.0908. The molecule has 0 spiro atoms. The van der Waals surface area contributed by atoms with Crippen molar-refractivity contribution in [3.8, 4) is 0 Å². The first-order valence-corrected chi connectivity index (χ1v) is 7.44. The third-order valence-corrected chi connectivity index (χ3v) is 4.56. The maximum absolute atomic E-state index is 5.54. The van der Waals surface area contributed by atoms with E-state index in [1.165, 1.54) is 22.6 Å². The van der Waals surface area contributed by atoms with Gasteiger partial charge in [-0.2, -0.15) is 0 Å². The van der Waals surface area contributed by atoms with E-state index in [0.717, 1.165) is 23.7 Å². The van der Waals surface area contributed by atoms with Crippen LogP contribution in [0.15, 0.2) is 24.3 Å². The molecule has 0 fully saturated rings. The van der Waals surface area contributed by atoms with Crippen molar-refractivity contribution in [2.75, 3.05) is 12.4 Å². The van der Waals surface area contributed by atoms with Crippen LogP contribution in [0.5, 0.6) is 0 Å². The number of fused-ring (bicyclic) bond motifs is 1. The summed E-state index contributed by atoms with van der Waals surface area (Å²) in [6.07, 6.45) is 3.57. The summed E-state index contributed by atoms with van der Waals surface area (Å²) in [4.78, 5) is 6.00. The highest BCUT2D eigenvalue weighted by Gasteiger charge is 2.24. The van der Waals surface area contributed by atoms with Gasteiger partial charge >= 0.3 is 0 Å². The van der Waals surface area contributed by atoms with Gasteiger partial charge in [-0.1, -0.05) is 23.5 Å². The van der Waals surface area contributed by atoms with Gasteiger partial charge < -0.3 is 10.1 Å². The lowest BCUT2D eigenvalue weighted by atomic mass is 10.0. The molecule has 0 saturated carbocycles. The molecule has 1 N–H and O–H groups in total. The highest BCUT2D eigenvalue weighted by Crippen LogP contribution is 2.38. The summed E-state index contributed by atoms with van der Waals surface area (Å²) in [6, 6.07) is 8.36. The minimum absolute atomic E-state index is 0.231. The normalized spacial score (nSPS) is 18.1. The van der Waals surface area contributed by atoms with E-state index in [0.29, 0.717) is 0 Å². The zero-order valence-electron chi connectivity index (χ0n) is 11.3. The number of aryl methyl sites for hydroxylation is 2. The molecule has 0 amide bonds. The van der Waals surface area contributed by atoms with E-state index in [1.807, 2.05) is 0 Å². The summed E-state index contributed by atoms with van der Waals surface area (Å²) in [6.45, 7) is 2.10. The van der Waals surface area contributed by atoms with Gasteiger partial charge in [0.2, 0.25) is 0 Å². The van der Waals surface area contributed by atoms with Crippen molar-refractivity contribution < 1.29 is 4.74 Å². The Hall–Kier alpha value is -1.39. The Labute approximate surface area is 117 Å². The highest BCUT2D eigenvalue weighted by atomic mass is 32.1. The van der Waals surface area contributed by atoms with Crippen LogP contribution in [0.2, 0.25) is 0 Å². The summed E-state index contributed by atoms with van der Waals surface area (Å²) in [5.41, 5.74) is 3.56. The van der Waals surface area contributed by atoms with Crippen molar-refractivity contribution in [2.45, 2.75) is 32.3 Å². The zero-order chi connectivity index (χ0) is 13.2. The van der Waals surface area contributed by atoms with Crippen molar-refractivity contribution in [2.24, 2.45) is 0 Å². The van der Waals surface area contributed by atoms with Crippen LogP contribution in [0, 0.1) is 6.92 Å². The van der Waals surface area contributed by atoms with Crippen LogP contribution in [-0.2, 0) is 11.2 Å². The number of methoxy groups -OCH3 is 1. The molecule has 1 aromatic carbocycles. The van der Waals surface area contributed by atoms with Crippen LogP contribution in [0.25, 0.3) is 0 Å². The third-order valence-electron chi connectivity index (χ3n) is 3.45. The minimum Gasteiger partial charge on any atom is -0.376 e. The number of benzene rings is 1. The Bertz CT molecular complexity index is 579. The molecule has 3 nitrogen and oxygen atoms in total. The number of thiazole rings is 1. The molecular weight excluding hydrogens is 256 g/mol. The Morgan fingerprint density at radius 3 is 3.11 bits per heavy atom. The van der Waals surface area contributed by atoms with Gasteiger partial charge in [0.05, 0.1) is 16.7 Å². The molecule has 0 saturated heterocycles. The quantitative estimate of drug-likeness (QED) is 0.910. The second-order valence-electron chi connectivity index (χ2n) is 4.94. The molecule has 1 heterocycles. The second-order valence-corrected chi connectivity index (χ2v) is 5.97. The van der Waals surface area contributed by atoms with Gasteiger partial charge in [-0.05, 0) is 43.9 Å².